The molecule has 0 aliphatic heterocycles. The zero-order chi connectivity index (χ0) is 12.4. The van der Waals surface area contributed by atoms with Crippen LogP contribution in [0.1, 0.15) is 37.9 Å². The third-order valence-electron chi connectivity index (χ3n) is 2.95. The molecule has 0 aromatic carbocycles. The second-order valence-corrected chi connectivity index (χ2v) is 4.44. The third kappa shape index (κ3) is 2.12. The highest BCUT2D eigenvalue weighted by molar-refractivity contribution is 5.81. The molecule has 1 N–H and O–H groups in total. The number of aromatic amines is 1. The average Bonchev–Trinajstić information content (AvgIpc) is 2.56. The van der Waals surface area contributed by atoms with Gasteiger partial charge in [-0.3, -0.25) is 4.79 Å². The molecule has 0 spiro atoms. The molecule has 2 aromatic heterocycles. The molecule has 17 heavy (non-hydrogen) atoms. The molecule has 4 nitrogen and oxygen atoms in total. The van der Waals surface area contributed by atoms with Gasteiger partial charge in [0.25, 0.3) is 0 Å². The van der Waals surface area contributed by atoms with Gasteiger partial charge in [-0.1, -0.05) is 20.3 Å². The smallest absolute Gasteiger partial charge is 0.249 e. The van der Waals surface area contributed by atoms with Crippen molar-refractivity contribution >= 4 is 11.0 Å². The molecule has 0 amide bonds. The first-order valence-corrected chi connectivity index (χ1v) is 6.26. The van der Waals surface area contributed by atoms with E-state index in [1.54, 1.807) is 6.07 Å². The van der Waals surface area contributed by atoms with Crippen molar-refractivity contribution in [2.75, 3.05) is 0 Å². The van der Waals surface area contributed by atoms with Crippen LogP contribution >= 0.6 is 0 Å². The van der Waals surface area contributed by atoms with Gasteiger partial charge in [-0.2, -0.15) is 5.10 Å². The number of nitrogens with one attached hydrogen (secondary N) is 1. The Balaban J connectivity index is 2.71. The number of hydrogen-bond donors (Lipinski definition) is 1. The summed E-state index contributed by atoms with van der Waals surface area (Å²) in [5.41, 5.74) is 2.97. The van der Waals surface area contributed by atoms with Crippen molar-refractivity contribution in [3.63, 3.8) is 0 Å². The van der Waals surface area contributed by atoms with Gasteiger partial charge in [0.15, 0.2) is 0 Å². The van der Waals surface area contributed by atoms with E-state index in [-0.39, 0.29) is 5.56 Å². The minimum atomic E-state index is -0.0294. The summed E-state index contributed by atoms with van der Waals surface area (Å²) in [5.74, 6) is 0. The SMILES string of the molecule is CCCc1cc(=O)[nH]c2c1c(C)nn2CCC. The number of nitrogens with zero attached hydrogens (tertiary/aromatic N) is 2. The maximum atomic E-state index is 11.6. The standard InChI is InChI=1S/C13H19N3O/c1-4-6-10-8-11(17)14-13-12(10)9(3)15-16(13)7-5-2/h8H,4-7H2,1-3H3,(H,14,17). The highest BCUT2D eigenvalue weighted by atomic mass is 16.1. The molecular formula is C13H19N3O. The Kier molecular flexibility index (Phi) is 3.31. The van der Waals surface area contributed by atoms with Gasteiger partial charge in [0.1, 0.15) is 5.65 Å². The number of H-pyrrole nitrogens is 1. The minimum Gasteiger partial charge on any atom is -0.307 e. The van der Waals surface area contributed by atoms with E-state index < -0.39 is 0 Å². The Morgan fingerprint density at radius 2 is 2.12 bits per heavy atom. The largest absolute Gasteiger partial charge is 0.307 e. The zero-order valence-electron chi connectivity index (χ0n) is 10.7. The maximum absolute atomic E-state index is 11.6. The first-order valence-electron chi connectivity index (χ1n) is 6.26. The summed E-state index contributed by atoms with van der Waals surface area (Å²) in [6, 6.07) is 1.71. The van der Waals surface area contributed by atoms with Crippen LogP contribution in [-0.4, -0.2) is 14.8 Å². The van der Waals surface area contributed by atoms with Crippen molar-refractivity contribution in [2.24, 2.45) is 0 Å². The molecule has 0 atom stereocenters. The van der Waals surface area contributed by atoms with Gasteiger partial charge in [-0.05, 0) is 25.3 Å². The van der Waals surface area contributed by atoms with Gasteiger partial charge in [-0.25, -0.2) is 4.68 Å². The fraction of sp³-hybridized carbons (Fsp3) is 0.538. The van der Waals surface area contributed by atoms with Crippen LogP contribution in [0.25, 0.3) is 11.0 Å². The van der Waals surface area contributed by atoms with E-state index >= 15 is 0 Å². The number of hydrogen-bond acceptors (Lipinski definition) is 2. The van der Waals surface area contributed by atoms with Crippen molar-refractivity contribution < 1.29 is 0 Å². The summed E-state index contributed by atoms with van der Waals surface area (Å²) < 4.78 is 1.91. The van der Waals surface area contributed by atoms with Gasteiger partial charge in [0.2, 0.25) is 5.56 Å². The number of fused-ring (bicyclic) bond motifs is 1. The van der Waals surface area contributed by atoms with Crippen molar-refractivity contribution in [1.29, 1.82) is 0 Å². The van der Waals surface area contributed by atoms with Crippen molar-refractivity contribution in [3.05, 3.63) is 27.7 Å². The molecule has 0 radical (unpaired) electrons. The van der Waals surface area contributed by atoms with Crippen LogP contribution in [0.2, 0.25) is 0 Å². The number of rotatable bonds is 4. The predicted octanol–water partition coefficient (Wildman–Crippen LogP) is 2.40. The van der Waals surface area contributed by atoms with Crippen LogP contribution in [0.5, 0.6) is 0 Å². The molecular weight excluding hydrogens is 214 g/mol. The van der Waals surface area contributed by atoms with Crippen LogP contribution in [0.3, 0.4) is 0 Å². The molecule has 2 aromatic rings. The molecule has 2 heterocycles. The molecule has 0 bridgehead atoms. The topological polar surface area (TPSA) is 50.7 Å². The predicted molar refractivity (Wildman–Crippen MR) is 69.4 cm³/mol. The first-order chi connectivity index (χ1) is 8.17. The van der Waals surface area contributed by atoms with E-state index in [0.29, 0.717) is 0 Å². The lowest BCUT2D eigenvalue weighted by atomic mass is 10.1. The minimum absolute atomic E-state index is 0.0294. The molecule has 2 rings (SSSR count). The van der Waals surface area contributed by atoms with Gasteiger partial charge in [0, 0.05) is 18.0 Å². The van der Waals surface area contributed by atoms with Gasteiger partial charge in [0.05, 0.1) is 5.69 Å². The Labute approximate surface area is 101 Å². The molecule has 0 saturated heterocycles. The molecule has 92 valence electrons. The van der Waals surface area contributed by atoms with Gasteiger partial charge < -0.3 is 4.98 Å². The van der Waals surface area contributed by atoms with E-state index in [9.17, 15) is 4.79 Å². The molecule has 0 saturated carbocycles. The van der Waals surface area contributed by atoms with E-state index in [1.165, 1.54) is 0 Å². The molecule has 0 fully saturated rings. The third-order valence-corrected chi connectivity index (χ3v) is 2.95. The number of aryl methyl sites for hydroxylation is 3. The Morgan fingerprint density at radius 1 is 1.35 bits per heavy atom. The summed E-state index contributed by atoms with van der Waals surface area (Å²) in [6.07, 6.45) is 2.98. The lowest BCUT2D eigenvalue weighted by molar-refractivity contribution is 0.611. The van der Waals surface area contributed by atoms with E-state index in [4.69, 9.17) is 0 Å². The van der Waals surface area contributed by atoms with Gasteiger partial charge in [-0.15, -0.1) is 0 Å². The lowest BCUT2D eigenvalue weighted by Gasteiger charge is -2.03. The molecule has 4 heteroatoms. The fourth-order valence-electron chi connectivity index (χ4n) is 2.32. The summed E-state index contributed by atoms with van der Waals surface area (Å²) in [6.45, 7) is 7.08. The normalized spacial score (nSPS) is 11.2. The van der Waals surface area contributed by atoms with Crippen LogP contribution in [-0.2, 0) is 13.0 Å². The van der Waals surface area contributed by atoms with Crippen LogP contribution in [0.4, 0.5) is 0 Å². The molecule has 0 aliphatic rings. The zero-order valence-corrected chi connectivity index (χ0v) is 10.7. The summed E-state index contributed by atoms with van der Waals surface area (Å²) in [5, 5.41) is 5.63. The van der Waals surface area contributed by atoms with E-state index in [0.717, 1.165) is 48.1 Å². The lowest BCUT2D eigenvalue weighted by Crippen LogP contribution is -2.09. The summed E-state index contributed by atoms with van der Waals surface area (Å²) in [4.78, 5) is 14.6. The molecule has 0 unspecified atom stereocenters. The Hall–Kier alpha value is -1.58. The number of aromatic nitrogens is 3. The fourth-order valence-corrected chi connectivity index (χ4v) is 2.32. The summed E-state index contributed by atoms with van der Waals surface area (Å²) in [7, 11) is 0. The highest BCUT2D eigenvalue weighted by Gasteiger charge is 2.12. The van der Waals surface area contributed by atoms with Crippen LogP contribution in [0, 0.1) is 6.92 Å². The Bertz CT molecular complexity index is 580. The van der Waals surface area contributed by atoms with Crippen molar-refractivity contribution in [2.45, 2.75) is 46.6 Å². The second kappa shape index (κ2) is 4.73. The quantitative estimate of drug-likeness (QED) is 0.881. The van der Waals surface area contributed by atoms with Gasteiger partial charge >= 0.3 is 0 Å². The van der Waals surface area contributed by atoms with Crippen LogP contribution in [0.15, 0.2) is 10.9 Å². The van der Waals surface area contributed by atoms with E-state index in [2.05, 4.69) is 23.9 Å². The van der Waals surface area contributed by atoms with Crippen LogP contribution < -0.4 is 5.56 Å². The summed E-state index contributed by atoms with van der Waals surface area (Å²) >= 11 is 0. The first kappa shape index (κ1) is 11.9. The Morgan fingerprint density at radius 3 is 2.76 bits per heavy atom. The average molecular weight is 233 g/mol. The van der Waals surface area contributed by atoms with E-state index in [1.807, 2.05) is 11.6 Å². The number of pyridine rings is 1. The maximum Gasteiger partial charge on any atom is 0.249 e. The highest BCUT2D eigenvalue weighted by Crippen LogP contribution is 2.20. The van der Waals surface area contributed by atoms with Crippen molar-refractivity contribution in [3.8, 4) is 0 Å². The second-order valence-electron chi connectivity index (χ2n) is 4.44. The monoisotopic (exact) mass is 233 g/mol. The van der Waals surface area contributed by atoms with Crippen molar-refractivity contribution in [1.82, 2.24) is 14.8 Å². The molecule has 0 aliphatic carbocycles.